The van der Waals surface area contributed by atoms with Crippen molar-refractivity contribution in [2.45, 2.75) is 6.54 Å². The molecule has 0 unspecified atom stereocenters. The quantitative estimate of drug-likeness (QED) is 0.633. The minimum atomic E-state index is -1.37. The highest BCUT2D eigenvalue weighted by molar-refractivity contribution is 9.10. The second-order valence-electron chi connectivity index (χ2n) is 4.13. The van der Waals surface area contributed by atoms with Gasteiger partial charge in [0, 0.05) is 17.1 Å². The Morgan fingerprint density at radius 1 is 1.38 bits per heavy atom. The molecule has 1 heterocycles. The highest BCUT2D eigenvalue weighted by atomic mass is 79.9. The van der Waals surface area contributed by atoms with Gasteiger partial charge in [-0.05, 0) is 17.7 Å². The van der Waals surface area contributed by atoms with Gasteiger partial charge >= 0.3 is 11.7 Å². The number of halogens is 1. The lowest BCUT2D eigenvalue weighted by Crippen LogP contribution is -2.07. The summed E-state index contributed by atoms with van der Waals surface area (Å²) in [4.78, 5) is 24.8. The van der Waals surface area contributed by atoms with Gasteiger partial charge < -0.3 is 10.4 Å². The van der Waals surface area contributed by atoms with Crippen LogP contribution in [0, 0.1) is 10.1 Å². The molecule has 1 aromatic carbocycles. The van der Waals surface area contributed by atoms with Crippen LogP contribution in [0.2, 0.25) is 0 Å². The average molecular weight is 352 g/mol. The van der Waals surface area contributed by atoms with Gasteiger partial charge in [-0.3, -0.25) is 10.1 Å². The number of carbonyl (C=O) groups is 1. The molecule has 0 saturated heterocycles. The first-order valence-electron chi connectivity index (χ1n) is 5.83. The molecule has 21 heavy (non-hydrogen) atoms. The van der Waals surface area contributed by atoms with Crippen LogP contribution in [-0.2, 0) is 6.54 Å². The first-order valence-corrected chi connectivity index (χ1v) is 6.62. The fraction of sp³-hybridized carbons (Fsp3) is 0.0769. The number of pyridine rings is 1. The number of anilines is 1. The van der Waals surface area contributed by atoms with Crippen LogP contribution in [0.25, 0.3) is 0 Å². The zero-order valence-corrected chi connectivity index (χ0v) is 12.2. The summed E-state index contributed by atoms with van der Waals surface area (Å²) in [5.74, 6) is -1.10. The zero-order chi connectivity index (χ0) is 15.4. The number of carboxylic acids is 1. The fourth-order valence-electron chi connectivity index (χ4n) is 1.66. The van der Waals surface area contributed by atoms with Gasteiger partial charge in [0.25, 0.3) is 0 Å². The minimum Gasteiger partial charge on any atom is -0.477 e. The van der Waals surface area contributed by atoms with Crippen molar-refractivity contribution in [2.75, 3.05) is 5.32 Å². The zero-order valence-electron chi connectivity index (χ0n) is 10.6. The first-order chi connectivity index (χ1) is 9.97. The summed E-state index contributed by atoms with van der Waals surface area (Å²) in [7, 11) is 0. The molecule has 2 rings (SSSR count). The Hall–Kier alpha value is -2.48. The van der Waals surface area contributed by atoms with Crippen LogP contribution in [0.1, 0.15) is 15.9 Å². The second kappa shape index (κ2) is 6.31. The molecule has 0 spiro atoms. The van der Waals surface area contributed by atoms with Gasteiger partial charge in [-0.15, -0.1) is 0 Å². The third kappa shape index (κ3) is 3.76. The molecule has 0 aliphatic carbocycles. The van der Waals surface area contributed by atoms with Crippen molar-refractivity contribution in [2.24, 2.45) is 0 Å². The molecule has 0 amide bonds. The van der Waals surface area contributed by atoms with Crippen molar-refractivity contribution in [3.63, 3.8) is 0 Å². The summed E-state index contributed by atoms with van der Waals surface area (Å²) in [5.41, 5.74) is 0.0419. The lowest BCUT2D eigenvalue weighted by Gasteiger charge is -2.07. The van der Waals surface area contributed by atoms with Crippen LogP contribution in [0.4, 0.5) is 11.5 Å². The predicted octanol–water partition coefficient (Wildman–Crippen LogP) is 3.06. The first kappa shape index (κ1) is 14.9. The lowest BCUT2D eigenvalue weighted by atomic mass is 10.2. The third-order valence-electron chi connectivity index (χ3n) is 2.70. The van der Waals surface area contributed by atoms with Gasteiger partial charge in [-0.1, -0.05) is 28.1 Å². The number of hydrogen-bond acceptors (Lipinski definition) is 5. The van der Waals surface area contributed by atoms with E-state index in [2.05, 4.69) is 26.2 Å². The van der Waals surface area contributed by atoms with Crippen LogP contribution < -0.4 is 5.32 Å². The van der Waals surface area contributed by atoms with Gasteiger partial charge in [0.05, 0.1) is 4.92 Å². The van der Waals surface area contributed by atoms with Gasteiger partial charge in [-0.2, -0.15) is 0 Å². The molecule has 0 aliphatic rings. The summed E-state index contributed by atoms with van der Waals surface area (Å²) in [5, 5.41) is 22.6. The van der Waals surface area contributed by atoms with Gasteiger partial charge in [0.2, 0.25) is 0 Å². The molecule has 0 fully saturated rings. The lowest BCUT2D eigenvalue weighted by molar-refractivity contribution is -0.385. The van der Waals surface area contributed by atoms with Crippen molar-refractivity contribution in [3.05, 3.63) is 62.2 Å². The number of nitro groups is 1. The number of carboxylic acid groups (broad SMARTS) is 1. The molecule has 1 aromatic heterocycles. The number of aromatic nitrogens is 1. The van der Waals surface area contributed by atoms with E-state index in [0.717, 1.165) is 22.3 Å². The maximum absolute atomic E-state index is 11.0. The van der Waals surface area contributed by atoms with Crippen LogP contribution >= 0.6 is 15.9 Å². The van der Waals surface area contributed by atoms with Crippen LogP contribution in [-0.4, -0.2) is 21.0 Å². The Balaban J connectivity index is 2.17. The Kier molecular flexibility index (Phi) is 4.49. The highest BCUT2D eigenvalue weighted by Crippen LogP contribution is 2.20. The number of aromatic carboxylic acids is 1. The van der Waals surface area contributed by atoms with E-state index in [0.29, 0.717) is 6.54 Å². The SMILES string of the molecule is O=C(O)c1cc(NCc2ccc(Br)cc2)ncc1[N+](=O)[O-]. The monoisotopic (exact) mass is 351 g/mol. The van der Waals surface area contributed by atoms with Crippen molar-refractivity contribution >= 4 is 33.4 Å². The second-order valence-corrected chi connectivity index (χ2v) is 5.04. The van der Waals surface area contributed by atoms with E-state index >= 15 is 0 Å². The molecule has 0 radical (unpaired) electrons. The molecule has 0 saturated carbocycles. The molecule has 0 bridgehead atoms. The molecule has 108 valence electrons. The largest absolute Gasteiger partial charge is 0.477 e. The maximum atomic E-state index is 11.0. The van der Waals surface area contributed by atoms with E-state index in [-0.39, 0.29) is 5.82 Å². The van der Waals surface area contributed by atoms with Crippen LogP contribution in [0.3, 0.4) is 0 Å². The predicted molar refractivity (Wildman–Crippen MR) is 79.3 cm³/mol. The fourth-order valence-corrected chi connectivity index (χ4v) is 1.92. The molecule has 8 heteroatoms. The van der Waals surface area contributed by atoms with Crippen molar-refractivity contribution < 1.29 is 14.8 Å². The summed E-state index contributed by atoms with van der Waals surface area (Å²) in [6.07, 6.45) is 0.938. The van der Waals surface area contributed by atoms with Crippen molar-refractivity contribution in [3.8, 4) is 0 Å². The van der Waals surface area contributed by atoms with Crippen molar-refractivity contribution in [1.29, 1.82) is 0 Å². The van der Waals surface area contributed by atoms with E-state index in [1.165, 1.54) is 0 Å². The van der Waals surface area contributed by atoms with E-state index in [4.69, 9.17) is 5.11 Å². The third-order valence-corrected chi connectivity index (χ3v) is 3.23. The summed E-state index contributed by atoms with van der Waals surface area (Å²) >= 11 is 3.33. The normalized spacial score (nSPS) is 10.1. The number of nitrogens with one attached hydrogen (secondary N) is 1. The Labute approximate surface area is 127 Å². The maximum Gasteiger partial charge on any atom is 0.342 e. The summed E-state index contributed by atoms with van der Waals surface area (Å²) in [6, 6.07) is 8.69. The van der Waals surface area contributed by atoms with E-state index in [1.54, 1.807) is 0 Å². The molecular weight excluding hydrogens is 342 g/mol. The molecule has 2 N–H and O–H groups in total. The number of nitrogens with zero attached hydrogens (tertiary/aromatic N) is 2. The standard InChI is InChI=1S/C13H10BrN3O4/c14-9-3-1-8(2-4-9)6-15-12-5-10(13(18)19)11(7-16-12)17(20)21/h1-5,7H,6H2,(H,15,16)(H,18,19). The van der Waals surface area contributed by atoms with Crippen molar-refractivity contribution in [1.82, 2.24) is 4.98 Å². The van der Waals surface area contributed by atoms with E-state index in [1.807, 2.05) is 24.3 Å². The summed E-state index contributed by atoms with van der Waals surface area (Å²) in [6.45, 7) is 0.428. The van der Waals surface area contributed by atoms with Gasteiger partial charge in [0.1, 0.15) is 17.6 Å². The Bertz CT molecular complexity index is 688. The molecule has 7 nitrogen and oxygen atoms in total. The summed E-state index contributed by atoms with van der Waals surface area (Å²) < 4.78 is 0.952. The molecule has 0 aliphatic heterocycles. The van der Waals surface area contributed by atoms with Gasteiger partial charge in [0.15, 0.2) is 0 Å². The average Bonchev–Trinajstić information content (AvgIpc) is 2.46. The van der Waals surface area contributed by atoms with Crippen LogP contribution in [0.5, 0.6) is 0 Å². The van der Waals surface area contributed by atoms with E-state index in [9.17, 15) is 14.9 Å². The van der Waals surface area contributed by atoms with Crippen LogP contribution in [0.15, 0.2) is 41.0 Å². The highest BCUT2D eigenvalue weighted by Gasteiger charge is 2.20. The number of rotatable bonds is 5. The molecular formula is C13H10BrN3O4. The molecule has 2 aromatic rings. The Morgan fingerprint density at radius 3 is 2.62 bits per heavy atom. The molecule has 0 atom stereocenters. The number of hydrogen-bond donors (Lipinski definition) is 2. The number of benzene rings is 1. The van der Waals surface area contributed by atoms with Gasteiger partial charge in [-0.25, -0.2) is 9.78 Å². The smallest absolute Gasteiger partial charge is 0.342 e. The topological polar surface area (TPSA) is 105 Å². The minimum absolute atomic E-state index is 0.265. The van der Waals surface area contributed by atoms with E-state index < -0.39 is 22.1 Å². The Morgan fingerprint density at radius 2 is 2.05 bits per heavy atom.